The van der Waals surface area contributed by atoms with Crippen LogP contribution in [-0.2, 0) is 20.0 Å². The molecule has 0 saturated heterocycles. The van der Waals surface area contributed by atoms with Crippen LogP contribution in [0, 0.1) is 5.92 Å². The van der Waals surface area contributed by atoms with Crippen molar-refractivity contribution in [3.05, 3.63) is 23.9 Å². The van der Waals surface area contributed by atoms with Crippen molar-refractivity contribution in [3.63, 3.8) is 0 Å². The third kappa shape index (κ3) is 3.20. The average molecular weight is 262 g/mol. The lowest BCUT2D eigenvalue weighted by molar-refractivity contribution is 0.384. The zero-order chi connectivity index (χ0) is 14.0. The van der Waals surface area contributed by atoms with Crippen molar-refractivity contribution < 1.29 is 0 Å². The first-order valence-corrected chi connectivity index (χ1v) is 6.55. The van der Waals surface area contributed by atoms with Crippen molar-refractivity contribution in [1.82, 2.24) is 29.4 Å². The largest absolute Gasteiger partial charge is 0.302 e. The molecule has 19 heavy (non-hydrogen) atoms. The van der Waals surface area contributed by atoms with Crippen LogP contribution in [-0.4, -0.2) is 43.5 Å². The summed E-state index contributed by atoms with van der Waals surface area (Å²) < 4.78 is 3.71. The van der Waals surface area contributed by atoms with Gasteiger partial charge in [-0.1, -0.05) is 13.8 Å². The van der Waals surface area contributed by atoms with Gasteiger partial charge in [-0.2, -0.15) is 9.78 Å². The van der Waals surface area contributed by atoms with Gasteiger partial charge in [-0.15, -0.1) is 5.10 Å². The summed E-state index contributed by atoms with van der Waals surface area (Å²) in [7, 11) is 5.98. The van der Waals surface area contributed by atoms with Crippen molar-refractivity contribution in [2.45, 2.75) is 26.8 Å². The van der Waals surface area contributed by atoms with Gasteiger partial charge < -0.3 is 4.90 Å². The topological polar surface area (TPSA) is 51.8 Å². The Balaban J connectivity index is 2.39. The zero-order valence-electron chi connectivity index (χ0n) is 12.3. The third-order valence-corrected chi connectivity index (χ3v) is 2.78. The molecule has 0 fully saturated rings. The van der Waals surface area contributed by atoms with Gasteiger partial charge in [0.25, 0.3) is 0 Å². The molecule has 0 amide bonds. The number of hydrogen-bond acceptors (Lipinski definition) is 4. The number of rotatable bonds is 5. The van der Waals surface area contributed by atoms with Crippen molar-refractivity contribution in [2.75, 3.05) is 14.1 Å². The SMILES string of the molecule is CC(C)Cc1nc(CN(C)C)n(-c2ccnn2C)n1. The molecule has 0 saturated carbocycles. The normalized spacial score (nSPS) is 11.7. The highest BCUT2D eigenvalue weighted by molar-refractivity contribution is 5.21. The Labute approximate surface area is 114 Å². The molecule has 2 aromatic heterocycles. The number of aryl methyl sites for hydroxylation is 1. The van der Waals surface area contributed by atoms with Crippen LogP contribution < -0.4 is 0 Å². The van der Waals surface area contributed by atoms with Gasteiger partial charge in [0.15, 0.2) is 11.6 Å². The molecule has 0 aromatic carbocycles. The smallest absolute Gasteiger partial charge is 0.153 e. The second-order valence-corrected chi connectivity index (χ2v) is 5.50. The molecule has 2 heterocycles. The van der Waals surface area contributed by atoms with Crippen LogP contribution in [0.5, 0.6) is 0 Å². The second-order valence-electron chi connectivity index (χ2n) is 5.50. The molecule has 0 aliphatic rings. The van der Waals surface area contributed by atoms with E-state index in [2.05, 4.69) is 33.9 Å². The Morgan fingerprint density at radius 3 is 2.58 bits per heavy atom. The molecule has 2 aromatic rings. The standard InChI is InChI=1S/C13H22N6/c1-10(2)8-11-15-12(9-17(3)4)19(16-11)13-6-7-14-18(13)5/h6-7,10H,8-9H2,1-5H3. The molecule has 104 valence electrons. The Bertz CT molecular complexity index is 537. The molecular weight excluding hydrogens is 240 g/mol. The molecule has 0 aliphatic heterocycles. The van der Waals surface area contributed by atoms with Crippen molar-refractivity contribution in [1.29, 1.82) is 0 Å². The van der Waals surface area contributed by atoms with Crippen molar-refractivity contribution >= 4 is 0 Å². The van der Waals surface area contributed by atoms with Crippen LogP contribution in [0.25, 0.3) is 5.82 Å². The summed E-state index contributed by atoms with van der Waals surface area (Å²) in [6.45, 7) is 5.11. The van der Waals surface area contributed by atoms with Gasteiger partial charge in [-0.3, -0.25) is 4.68 Å². The van der Waals surface area contributed by atoms with E-state index in [0.29, 0.717) is 5.92 Å². The molecule has 0 radical (unpaired) electrons. The monoisotopic (exact) mass is 262 g/mol. The summed E-state index contributed by atoms with van der Waals surface area (Å²) in [6.07, 6.45) is 2.67. The quantitative estimate of drug-likeness (QED) is 0.814. The number of nitrogens with zero attached hydrogens (tertiary/aromatic N) is 6. The van der Waals surface area contributed by atoms with Crippen LogP contribution in [0.1, 0.15) is 25.5 Å². The summed E-state index contributed by atoms with van der Waals surface area (Å²) in [5.41, 5.74) is 0. The van der Waals surface area contributed by atoms with Crippen LogP contribution in [0.2, 0.25) is 0 Å². The van der Waals surface area contributed by atoms with Gasteiger partial charge in [0.05, 0.1) is 12.7 Å². The van der Waals surface area contributed by atoms with Crippen molar-refractivity contribution in [3.8, 4) is 5.82 Å². The fraction of sp³-hybridized carbons (Fsp3) is 0.615. The van der Waals surface area contributed by atoms with E-state index < -0.39 is 0 Å². The first kappa shape index (κ1) is 13.7. The first-order chi connectivity index (χ1) is 8.97. The molecule has 0 atom stereocenters. The molecule has 0 aliphatic carbocycles. The van der Waals surface area contributed by atoms with Gasteiger partial charge in [0, 0.05) is 19.5 Å². The Hall–Kier alpha value is -1.69. The maximum absolute atomic E-state index is 4.66. The number of hydrogen-bond donors (Lipinski definition) is 0. The van der Waals surface area contributed by atoms with E-state index in [4.69, 9.17) is 0 Å². The maximum Gasteiger partial charge on any atom is 0.153 e. The molecular formula is C13H22N6. The zero-order valence-corrected chi connectivity index (χ0v) is 12.3. The lowest BCUT2D eigenvalue weighted by Gasteiger charge is -2.10. The average Bonchev–Trinajstić information content (AvgIpc) is 2.83. The van der Waals surface area contributed by atoms with Crippen LogP contribution in [0.15, 0.2) is 12.3 Å². The predicted octanol–water partition coefficient (Wildman–Crippen LogP) is 1.26. The molecule has 6 heteroatoms. The molecule has 0 spiro atoms. The summed E-state index contributed by atoms with van der Waals surface area (Å²) in [4.78, 5) is 6.75. The maximum atomic E-state index is 4.66. The summed E-state index contributed by atoms with van der Waals surface area (Å²) in [5.74, 6) is 3.34. The fourth-order valence-electron chi connectivity index (χ4n) is 1.99. The van der Waals surface area contributed by atoms with E-state index in [1.807, 2.05) is 36.6 Å². The highest BCUT2D eigenvalue weighted by Gasteiger charge is 2.15. The van der Waals surface area contributed by atoms with Crippen LogP contribution in [0.3, 0.4) is 0 Å². The van der Waals surface area contributed by atoms with E-state index in [1.54, 1.807) is 6.20 Å². The third-order valence-electron chi connectivity index (χ3n) is 2.78. The highest BCUT2D eigenvalue weighted by Crippen LogP contribution is 2.12. The van der Waals surface area contributed by atoms with Crippen LogP contribution in [0.4, 0.5) is 0 Å². The summed E-state index contributed by atoms with van der Waals surface area (Å²) >= 11 is 0. The summed E-state index contributed by atoms with van der Waals surface area (Å²) in [6, 6.07) is 1.95. The number of aromatic nitrogens is 5. The van der Waals surface area contributed by atoms with Gasteiger partial charge in [-0.05, 0) is 20.0 Å². The Morgan fingerprint density at radius 1 is 1.32 bits per heavy atom. The second kappa shape index (κ2) is 5.52. The van der Waals surface area contributed by atoms with Gasteiger partial charge in [0.2, 0.25) is 0 Å². The van der Waals surface area contributed by atoms with E-state index in [1.165, 1.54) is 0 Å². The van der Waals surface area contributed by atoms with Gasteiger partial charge >= 0.3 is 0 Å². The molecule has 0 bridgehead atoms. The van der Waals surface area contributed by atoms with E-state index in [-0.39, 0.29) is 0 Å². The molecule has 6 nitrogen and oxygen atoms in total. The van der Waals surface area contributed by atoms with Gasteiger partial charge in [0.1, 0.15) is 5.82 Å². The minimum atomic E-state index is 0.551. The predicted molar refractivity (Wildman–Crippen MR) is 74.1 cm³/mol. The van der Waals surface area contributed by atoms with E-state index >= 15 is 0 Å². The van der Waals surface area contributed by atoms with Crippen molar-refractivity contribution in [2.24, 2.45) is 13.0 Å². The lowest BCUT2D eigenvalue weighted by Crippen LogP contribution is -2.16. The lowest BCUT2D eigenvalue weighted by atomic mass is 10.1. The first-order valence-electron chi connectivity index (χ1n) is 6.55. The van der Waals surface area contributed by atoms with E-state index in [9.17, 15) is 0 Å². The highest BCUT2D eigenvalue weighted by atomic mass is 15.4. The molecule has 2 rings (SSSR count). The fourth-order valence-corrected chi connectivity index (χ4v) is 1.99. The Kier molecular flexibility index (Phi) is 3.99. The Morgan fingerprint density at radius 2 is 2.05 bits per heavy atom. The van der Waals surface area contributed by atoms with Crippen LogP contribution >= 0.6 is 0 Å². The minimum absolute atomic E-state index is 0.551. The molecule has 0 N–H and O–H groups in total. The summed E-state index contributed by atoms with van der Waals surface area (Å²) in [5, 5.41) is 8.82. The molecule has 0 unspecified atom stereocenters. The van der Waals surface area contributed by atoms with Gasteiger partial charge in [-0.25, -0.2) is 4.98 Å². The van der Waals surface area contributed by atoms with E-state index in [0.717, 1.165) is 30.4 Å². The minimum Gasteiger partial charge on any atom is -0.302 e.